The zero-order chi connectivity index (χ0) is 99.8. The third-order valence-electron chi connectivity index (χ3n) is 26.8. The Morgan fingerprint density at radius 1 is 0.371 bits per heavy atom. The molecule has 0 bridgehead atoms. The number of carbonyl (C=O) groups is 5. The number of nitrogens with one attached hydrogen (secondary N) is 5. The first-order valence-electron chi connectivity index (χ1n) is 49.9. The molecule has 27 heteroatoms. The van der Waals surface area contributed by atoms with Crippen LogP contribution in [0.2, 0.25) is 5.02 Å². The number of benzene rings is 10. The van der Waals surface area contributed by atoms with E-state index < -0.39 is 29.5 Å². The summed E-state index contributed by atoms with van der Waals surface area (Å²) in [6.07, 6.45) is 8.52. The van der Waals surface area contributed by atoms with Crippen LogP contribution >= 0.6 is 23.2 Å². The van der Waals surface area contributed by atoms with Gasteiger partial charge in [-0.2, -0.15) is 26.3 Å². The van der Waals surface area contributed by atoms with E-state index in [1.165, 1.54) is 66.6 Å². The molecule has 4 aliphatic heterocycles. The average Bonchev–Trinajstić information content (AvgIpc) is 0.815. The van der Waals surface area contributed by atoms with Crippen LogP contribution in [0.25, 0.3) is 0 Å². The summed E-state index contributed by atoms with van der Waals surface area (Å²) in [7, 11) is 0. The van der Waals surface area contributed by atoms with Gasteiger partial charge in [0.2, 0.25) is 5.91 Å². The van der Waals surface area contributed by atoms with Crippen molar-refractivity contribution >= 4 is 76.0 Å². The molecule has 3 unspecified atom stereocenters. The average molecular weight is 1960 g/mol. The topological polar surface area (TPSA) is 181 Å². The van der Waals surface area contributed by atoms with Gasteiger partial charge in [0.15, 0.2) is 0 Å². The van der Waals surface area contributed by atoms with Crippen molar-refractivity contribution in [1.29, 1.82) is 0 Å². The minimum atomic E-state index is -4.51. The summed E-state index contributed by atoms with van der Waals surface area (Å²) in [5.41, 5.74) is 7.71. The SMILES string of the molecule is CCCC(C)N1CCC(N(Cc2ccccc2)C(=O)Nc2ccc(Oc3ccc(Cl)cc3)cc2)CC1.CCCC(C)N1CCC(N(Cc2ccccc2)C(=O)Nc2cccc(Cc3ccccc3)c2)CC1.CCCC(C)N1CCC(N(Cc2ccccc2CNC(=O)CCl)C(=O)Nc2cccc(C(F)(F)F)c2)CC1.CCCCN1CCC(N(Cc2ccccc2)C(=O)Nc2cccc(C(F)(F)F)c2)CC1. The first-order chi connectivity index (χ1) is 67.6. The van der Waals surface area contributed by atoms with Gasteiger partial charge < -0.3 is 70.5 Å². The Morgan fingerprint density at radius 3 is 1.07 bits per heavy atom. The van der Waals surface area contributed by atoms with E-state index in [9.17, 15) is 50.3 Å². The van der Waals surface area contributed by atoms with Crippen LogP contribution in [0, 0.1) is 0 Å². The molecule has 4 fully saturated rings. The van der Waals surface area contributed by atoms with E-state index in [-0.39, 0.29) is 78.5 Å². The number of nitrogens with zero attached hydrogens (tertiary/aromatic N) is 8. The highest BCUT2D eigenvalue weighted by molar-refractivity contribution is 6.30. The molecular weight excluding hydrogens is 1820 g/mol. The van der Waals surface area contributed by atoms with Crippen molar-refractivity contribution in [3.05, 3.63) is 322 Å². The Hall–Kier alpha value is -11.5. The van der Waals surface area contributed by atoms with Crippen molar-refractivity contribution in [2.75, 3.05) is 86.0 Å². The molecule has 750 valence electrons. The van der Waals surface area contributed by atoms with Crippen LogP contribution in [0.3, 0.4) is 0 Å². The molecule has 5 N–H and O–H groups in total. The van der Waals surface area contributed by atoms with Crippen molar-refractivity contribution in [3.63, 3.8) is 0 Å². The molecule has 4 aliphatic rings. The molecule has 10 aromatic carbocycles. The van der Waals surface area contributed by atoms with Gasteiger partial charge in [-0.15, -0.1) is 11.6 Å². The number of anilines is 4. The number of carbonyl (C=O) groups excluding carboxylic acids is 5. The lowest BCUT2D eigenvalue weighted by Gasteiger charge is -2.41. The molecule has 19 nitrogen and oxygen atoms in total. The lowest BCUT2D eigenvalue weighted by molar-refractivity contribution is -0.138. The highest BCUT2D eigenvalue weighted by atomic mass is 35.5. The van der Waals surface area contributed by atoms with Crippen molar-refractivity contribution in [1.82, 2.24) is 44.5 Å². The molecule has 0 radical (unpaired) electrons. The fourth-order valence-electron chi connectivity index (χ4n) is 18.8. The number of likely N-dealkylation sites (tertiary alicyclic amines) is 4. The van der Waals surface area contributed by atoms with Gasteiger partial charge in [-0.3, -0.25) is 4.79 Å². The molecule has 0 aromatic heterocycles. The van der Waals surface area contributed by atoms with Crippen molar-refractivity contribution in [3.8, 4) is 11.5 Å². The van der Waals surface area contributed by atoms with E-state index in [0.29, 0.717) is 54.3 Å². The van der Waals surface area contributed by atoms with Crippen LogP contribution in [0.4, 0.5) is 68.3 Å². The van der Waals surface area contributed by atoms with Crippen LogP contribution in [0.5, 0.6) is 11.5 Å². The van der Waals surface area contributed by atoms with Crippen molar-refractivity contribution in [2.24, 2.45) is 0 Å². The summed E-state index contributed by atoms with van der Waals surface area (Å²) >= 11 is 11.6. The molecule has 0 aliphatic carbocycles. The Balaban J connectivity index is 0.000000179. The van der Waals surface area contributed by atoms with Crippen LogP contribution in [0.15, 0.2) is 267 Å². The molecule has 9 amide bonds. The molecule has 4 heterocycles. The second-order valence-corrected chi connectivity index (χ2v) is 37.8. The molecule has 10 aromatic rings. The number of ether oxygens (including phenoxy) is 1. The Labute approximate surface area is 835 Å². The van der Waals surface area contributed by atoms with Crippen LogP contribution < -0.4 is 31.3 Å². The first-order valence-corrected chi connectivity index (χ1v) is 50.8. The minimum Gasteiger partial charge on any atom is -0.457 e. The molecule has 140 heavy (non-hydrogen) atoms. The van der Waals surface area contributed by atoms with E-state index in [1.807, 2.05) is 150 Å². The number of alkyl halides is 7. The number of urea groups is 4. The van der Waals surface area contributed by atoms with Crippen LogP contribution in [0.1, 0.15) is 201 Å². The summed E-state index contributed by atoms with van der Waals surface area (Å²) in [5, 5.41) is 15.1. The summed E-state index contributed by atoms with van der Waals surface area (Å²) < 4.78 is 84.7. The van der Waals surface area contributed by atoms with Crippen molar-refractivity contribution in [2.45, 2.75) is 245 Å². The van der Waals surface area contributed by atoms with Gasteiger partial charge in [0.25, 0.3) is 0 Å². The predicted molar refractivity (Wildman–Crippen MR) is 554 cm³/mol. The van der Waals surface area contributed by atoms with E-state index in [1.54, 1.807) is 21.9 Å². The van der Waals surface area contributed by atoms with E-state index in [0.717, 1.165) is 200 Å². The van der Waals surface area contributed by atoms with Gasteiger partial charge >= 0.3 is 36.5 Å². The second kappa shape index (κ2) is 56.3. The van der Waals surface area contributed by atoms with E-state index >= 15 is 0 Å². The Morgan fingerprint density at radius 2 is 0.700 bits per heavy atom. The van der Waals surface area contributed by atoms with Crippen LogP contribution in [-0.4, -0.2) is 176 Å². The summed E-state index contributed by atoms with van der Waals surface area (Å²) in [4.78, 5) is 83.1. The maximum absolute atomic E-state index is 13.6. The highest BCUT2D eigenvalue weighted by Crippen LogP contribution is 2.36. The number of rotatable bonds is 35. The largest absolute Gasteiger partial charge is 0.457 e. The smallest absolute Gasteiger partial charge is 0.416 e. The monoisotopic (exact) mass is 1960 g/mol. The second-order valence-electron chi connectivity index (χ2n) is 37.1. The third kappa shape index (κ3) is 35.3. The molecule has 3 atom stereocenters. The summed E-state index contributed by atoms with van der Waals surface area (Å²) in [6.45, 7) is 26.6. The van der Waals surface area contributed by atoms with E-state index in [4.69, 9.17) is 27.9 Å². The quantitative estimate of drug-likeness (QED) is 0.0189. The lowest BCUT2D eigenvalue weighted by Crippen LogP contribution is -2.50. The molecule has 0 saturated carbocycles. The zero-order valence-corrected chi connectivity index (χ0v) is 83.6. The number of hydrogen-bond donors (Lipinski definition) is 5. The third-order valence-corrected chi connectivity index (χ3v) is 27.3. The number of halogens is 8. The van der Waals surface area contributed by atoms with E-state index in [2.05, 4.69) is 160 Å². The van der Waals surface area contributed by atoms with Crippen molar-refractivity contribution < 1.29 is 55.1 Å². The lowest BCUT2D eigenvalue weighted by atomic mass is 9.99. The van der Waals surface area contributed by atoms with Gasteiger partial charge in [0.1, 0.15) is 17.4 Å². The number of unbranched alkanes of at least 4 members (excludes halogenated alkanes) is 1. The number of amides is 9. The summed E-state index contributed by atoms with van der Waals surface area (Å²) in [6, 6.07) is 81.8. The molecular formula is C113H141Cl2F6N13O6. The van der Waals surface area contributed by atoms with Gasteiger partial charge in [0.05, 0.1) is 11.1 Å². The fraction of sp³-hybridized carbons (Fsp3) is 0.425. The number of piperidine rings is 4. The summed E-state index contributed by atoms with van der Waals surface area (Å²) in [5.74, 6) is 0.965. The minimum absolute atomic E-state index is 0.00855. The predicted octanol–water partition coefficient (Wildman–Crippen LogP) is 27.0. The number of hydrogen-bond acceptors (Lipinski definition) is 10. The van der Waals surface area contributed by atoms with Gasteiger partial charge in [-0.25, -0.2) is 19.2 Å². The van der Waals surface area contributed by atoms with Gasteiger partial charge in [0, 0.05) is 155 Å². The Bertz CT molecular complexity index is 5360. The zero-order valence-electron chi connectivity index (χ0n) is 82.1. The Kier molecular flexibility index (Phi) is 43.8. The van der Waals surface area contributed by atoms with Gasteiger partial charge in [-0.05, 0) is 247 Å². The first kappa shape index (κ1) is 109. The molecule has 4 saturated heterocycles. The van der Waals surface area contributed by atoms with Crippen LogP contribution in [-0.2, 0) is 56.3 Å². The fourth-order valence-corrected chi connectivity index (χ4v) is 19.1. The molecule has 0 spiro atoms. The normalized spacial score (nSPS) is 15.5. The molecule has 14 rings (SSSR count). The van der Waals surface area contributed by atoms with Gasteiger partial charge in [-0.1, -0.05) is 235 Å². The standard InChI is InChI=1S/C31H39N3O.C30H36ClN3O2.C28H36ClF3N4O2.C24H30F3N3O/c1-3-11-25(2)33-20-18-30(19-21-33)34(24-27-14-8-5-9-15-27)31(35)32-29-17-10-16-28(23-29)22-26-12-6-4-7-13-26;1-3-7-23(2)33-20-18-27(19-21-33)34(22-24-8-5-4-6-9-24)30(35)32-26-12-16-29(17-13-26)36-28-14-10-25(31)11-15-28;1-3-7-20(2)35-14-12-25(13-15-35)36(19-22-9-5-4-8-21(22)18-33-26(37)17-29)27(38)34-24-11-6-10-23(16-24)28(30,31)32;1-2-3-14-29-15-12-22(13-16-29)30(18-19-8-5-4-6-9-19)23(31)28-21-11-7-10-20(17-21)24(25,26)27/h4-10,12-17,23,25,30H,3,11,18-22,24H2,1-2H3,(H,32,35);4-6,8-17,23,27H,3,7,18-22H2,1-2H3,(H,32,35);4-6,8-11,16,20,25H,3,7,12-15,17-19H2,1-2H3,(H,33,37)(H,34,38);4-11,17,22H,2-3,12-16,18H2,1H3,(H,28,31). The maximum Gasteiger partial charge on any atom is 0.416 e. The maximum atomic E-state index is 13.6. The highest BCUT2D eigenvalue weighted by Gasteiger charge is 2.37.